The number of nitrogens with one attached hydrogen (secondary N) is 2. The number of benzene rings is 1. The van der Waals surface area contributed by atoms with Crippen LogP contribution in [-0.2, 0) is 16.0 Å². The molecule has 4 rings (SSSR count). The smallest absolute Gasteiger partial charge is 0.332 e. The number of amides is 4. The van der Waals surface area contributed by atoms with E-state index in [1.807, 2.05) is 32.0 Å². The molecule has 0 radical (unpaired) electrons. The van der Waals surface area contributed by atoms with Gasteiger partial charge in [-0.25, -0.2) is 4.79 Å². The maximum Gasteiger partial charge on any atom is 0.332 e. The molecule has 0 aromatic heterocycles. The van der Waals surface area contributed by atoms with Gasteiger partial charge in [0.25, 0.3) is 0 Å². The van der Waals surface area contributed by atoms with Crippen molar-refractivity contribution in [3.05, 3.63) is 23.8 Å². The van der Waals surface area contributed by atoms with E-state index < -0.39 is 23.3 Å². The lowest BCUT2D eigenvalue weighted by atomic mass is 9.66. The van der Waals surface area contributed by atoms with Crippen LogP contribution in [-0.4, -0.2) is 65.5 Å². The normalized spacial score (nSPS) is 22.5. The maximum atomic E-state index is 13.5. The molecule has 2 fully saturated rings. The molecule has 2 saturated heterocycles. The highest BCUT2D eigenvalue weighted by molar-refractivity contribution is 7.80. The molecule has 2 N–H and O–H groups in total. The van der Waals surface area contributed by atoms with Crippen LogP contribution in [0.2, 0.25) is 0 Å². The molecule has 3 heterocycles. The number of nitrogens with zero attached hydrogens (tertiary/aromatic N) is 3. The first-order valence-corrected chi connectivity index (χ1v) is 11.1. The summed E-state index contributed by atoms with van der Waals surface area (Å²) in [6.07, 6.45) is 2.97. The Morgan fingerprint density at radius 2 is 1.81 bits per heavy atom. The highest BCUT2D eigenvalue weighted by Crippen LogP contribution is 2.49. The summed E-state index contributed by atoms with van der Waals surface area (Å²) in [5.74, 6) is -0.808. The zero-order chi connectivity index (χ0) is 22.5. The Morgan fingerprint density at radius 3 is 2.45 bits per heavy atom. The van der Waals surface area contributed by atoms with E-state index in [1.54, 1.807) is 0 Å². The van der Waals surface area contributed by atoms with Crippen LogP contribution in [0.25, 0.3) is 0 Å². The Morgan fingerprint density at radius 1 is 1.13 bits per heavy atom. The molecule has 8 nitrogen and oxygen atoms in total. The number of hydrogen-bond acceptors (Lipinski definition) is 5. The molecule has 1 atom stereocenters. The topological polar surface area (TPSA) is 85.0 Å². The predicted octanol–water partition coefficient (Wildman–Crippen LogP) is 2.33. The number of imide groups is 2. The molecule has 1 aromatic carbocycles. The average molecular weight is 444 g/mol. The number of barbiturate groups is 1. The molecule has 0 saturated carbocycles. The molecule has 1 spiro atoms. The number of hydrogen-bond donors (Lipinski definition) is 2. The molecule has 0 unspecified atom stereocenters. The van der Waals surface area contributed by atoms with Crippen LogP contribution >= 0.6 is 12.2 Å². The summed E-state index contributed by atoms with van der Waals surface area (Å²) in [5, 5.41) is 6.87. The van der Waals surface area contributed by atoms with Gasteiger partial charge in [0.2, 0.25) is 11.8 Å². The van der Waals surface area contributed by atoms with Crippen molar-refractivity contribution in [1.82, 2.24) is 15.1 Å². The summed E-state index contributed by atoms with van der Waals surface area (Å²) < 4.78 is 0. The minimum Gasteiger partial charge on any atom is -0.367 e. The van der Waals surface area contributed by atoms with Gasteiger partial charge in [-0.3, -0.25) is 19.4 Å². The van der Waals surface area contributed by atoms with Crippen molar-refractivity contribution in [3.8, 4) is 0 Å². The Hall–Kier alpha value is -2.68. The van der Waals surface area contributed by atoms with Gasteiger partial charge in [0.05, 0.1) is 6.04 Å². The fourth-order valence-corrected chi connectivity index (χ4v) is 5.54. The van der Waals surface area contributed by atoms with Crippen LogP contribution in [0.15, 0.2) is 18.2 Å². The average Bonchev–Trinajstić information content (AvgIpc) is 2.74. The SMILES string of the molecule is CC(C)NC(=S)Nc1ccc2c(c1)CC1(C(=O)N(C)C(=O)N(C)C1=O)[C@@H]1CCCCN21. The second kappa shape index (κ2) is 7.78. The molecule has 31 heavy (non-hydrogen) atoms. The van der Waals surface area contributed by atoms with Gasteiger partial charge in [-0.15, -0.1) is 0 Å². The Kier molecular flexibility index (Phi) is 5.41. The van der Waals surface area contributed by atoms with Crippen LogP contribution in [0.4, 0.5) is 16.2 Å². The summed E-state index contributed by atoms with van der Waals surface area (Å²) in [6, 6.07) is 5.35. The first-order chi connectivity index (χ1) is 14.7. The first kappa shape index (κ1) is 21.5. The fourth-order valence-electron chi connectivity index (χ4n) is 5.19. The number of thiocarbonyl (C=S) groups is 1. The monoisotopic (exact) mass is 443 g/mol. The summed E-state index contributed by atoms with van der Waals surface area (Å²) in [5.41, 5.74) is 1.47. The fraction of sp³-hybridized carbons (Fsp3) is 0.545. The molecule has 3 aliphatic rings. The second-order valence-corrected chi connectivity index (χ2v) is 9.37. The molecular weight excluding hydrogens is 414 g/mol. The standard InChI is InChI=1S/C22H29N5O3S/c1-13(2)23-20(31)24-15-8-9-16-14(11-15)12-22(17-7-5-6-10-27(16)17)18(28)25(3)21(30)26(4)19(22)29/h8-9,11,13,17H,5-7,10,12H2,1-4H3,(H2,23,24,31)/t17-/m0/s1. The van der Waals surface area contributed by atoms with Gasteiger partial charge in [-0.2, -0.15) is 0 Å². The maximum absolute atomic E-state index is 13.5. The van der Waals surface area contributed by atoms with Crippen molar-refractivity contribution >= 4 is 46.6 Å². The lowest BCUT2D eigenvalue weighted by Gasteiger charge is -2.54. The zero-order valence-electron chi connectivity index (χ0n) is 18.4. The van der Waals surface area contributed by atoms with Crippen molar-refractivity contribution in [2.75, 3.05) is 30.9 Å². The Labute approximate surface area is 187 Å². The van der Waals surface area contributed by atoms with Gasteiger partial charge in [-0.1, -0.05) is 0 Å². The Bertz CT molecular complexity index is 938. The minimum atomic E-state index is -1.29. The van der Waals surface area contributed by atoms with Gasteiger partial charge in [0.15, 0.2) is 10.5 Å². The van der Waals surface area contributed by atoms with Gasteiger partial charge >= 0.3 is 6.03 Å². The van der Waals surface area contributed by atoms with Crippen LogP contribution in [0.5, 0.6) is 0 Å². The van der Waals surface area contributed by atoms with E-state index in [-0.39, 0.29) is 18.5 Å². The summed E-state index contributed by atoms with van der Waals surface area (Å²) in [6.45, 7) is 4.80. The number of rotatable bonds is 2. The van der Waals surface area contributed by atoms with Crippen molar-refractivity contribution < 1.29 is 14.4 Å². The van der Waals surface area contributed by atoms with E-state index in [1.165, 1.54) is 14.1 Å². The molecule has 0 bridgehead atoms. The van der Waals surface area contributed by atoms with Gasteiger partial charge in [-0.05, 0) is 75.5 Å². The minimum absolute atomic E-state index is 0.205. The molecule has 166 valence electrons. The molecule has 9 heteroatoms. The quantitative estimate of drug-likeness (QED) is 0.536. The van der Waals surface area contributed by atoms with E-state index in [4.69, 9.17) is 12.2 Å². The van der Waals surface area contributed by atoms with Crippen LogP contribution in [0, 0.1) is 5.41 Å². The van der Waals surface area contributed by atoms with Crippen molar-refractivity contribution in [1.29, 1.82) is 0 Å². The van der Waals surface area contributed by atoms with Gasteiger partial charge in [0, 0.05) is 38.1 Å². The third kappa shape index (κ3) is 3.35. The third-order valence-corrected chi connectivity index (χ3v) is 6.77. The number of piperidine rings is 1. The van der Waals surface area contributed by atoms with Crippen molar-refractivity contribution in [2.45, 2.75) is 51.6 Å². The first-order valence-electron chi connectivity index (χ1n) is 10.7. The van der Waals surface area contributed by atoms with Crippen molar-refractivity contribution in [3.63, 3.8) is 0 Å². The largest absolute Gasteiger partial charge is 0.367 e. The Balaban J connectivity index is 1.77. The number of carbonyl (C=O) groups is 3. The van der Waals surface area contributed by atoms with E-state index in [0.29, 0.717) is 5.11 Å². The number of anilines is 2. The molecular formula is C22H29N5O3S. The van der Waals surface area contributed by atoms with Crippen LogP contribution in [0.1, 0.15) is 38.7 Å². The summed E-state index contributed by atoms with van der Waals surface area (Å²) in [4.78, 5) is 43.8. The highest BCUT2D eigenvalue weighted by atomic mass is 32.1. The number of fused-ring (bicyclic) bond motifs is 4. The van der Waals surface area contributed by atoms with Gasteiger partial charge < -0.3 is 15.5 Å². The van der Waals surface area contributed by atoms with E-state index in [2.05, 4.69) is 15.5 Å². The summed E-state index contributed by atoms with van der Waals surface area (Å²) >= 11 is 5.37. The van der Waals surface area contributed by atoms with Crippen LogP contribution < -0.4 is 15.5 Å². The van der Waals surface area contributed by atoms with Crippen molar-refractivity contribution in [2.24, 2.45) is 5.41 Å². The summed E-state index contributed by atoms with van der Waals surface area (Å²) in [7, 11) is 2.93. The molecule has 1 aromatic rings. The van der Waals surface area contributed by atoms with Crippen LogP contribution in [0.3, 0.4) is 0 Å². The predicted molar refractivity (Wildman–Crippen MR) is 123 cm³/mol. The lowest BCUT2D eigenvalue weighted by Crippen LogP contribution is -2.72. The van der Waals surface area contributed by atoms with E-state index in [9.17, 15) is 14.4 Å². The molecule has 3 aliphatic heterocycles. The van der Waals surface area contributed by atoms with Gasteiger partial charge in [0.1, 0.15) is 0 Å². The van der Waals surface area contributed by atoms with E-state index in [0.717, 1.165) is 52.5 Å². The molecule has 0 aliphatic carbocycles. The third-order valence-electron chi connectivity index (χ3n) is 6.55. The highest BCUT2D eigenvalue weighted by Gasteiger charge is 2.63. The lowest BCUT2D eigenvalue weighted by molar-refractivity contribution is -0.159. The van der Waals surface area contributed by atoms with E-state index >= 15 is 0 Å². The second-order valence-electron chi connectivity index (χ2n) is 8.96. The number of carbonyl (C=O) groups excluding carboxylic acids is 3. The number of urea groups is 1. The molecule has 4 amide bonds. The zero-order valence-corrected chi connectivity index (χ0v) is 19.2.